The topological polar surface area (TPSA) is 86.7 Å². The van der Waals surface area contributed by atoms with Crippen LogP contribution >= 0.6 is 0 Å². The van der Waals surface area contributed by atoms with E-state index in [0.29, 0.717) is 6.54 Å². The summed E-state index contributed by atoms with van der Waals surface area (Å²) in [7, 11) is 0. The molecule has 2 aliphatic rings. The van der Waals surface area contributed by atoms with Crippen LogP contribution in [0.5, 0.6) is 0 Å². The lowest BCUT2D eigenvalue weighted by Crippen LogP contribution is -2.43. The number of carbonyl (C=O) groups is 3. The van der Waals surface area contributed by atoms with Crippen molar-refractivity contribution in [3.05, 3.63) is 0 Å². The molecule has 19 heavy (non-hydrogen) atoms. The van der Waals surface area contributed by atoms with Gasteiger partial charge in [0.1, 0.15) is 6.04 Å². The summed E-state index contributed by atoms with van der Waals surface area (Å²) < 4.78 is 0. The van der Waals surface area contributed by atoms with Crippen molar-refractivity contribution in [1.82, 2.24) is 10.2 Å². The van der Waals surface area contributed by atoms with Gasteiger partial charge in [0.2, 0.25) is 11.8 Å². The summed E-state index contributed by atoms with van der Waals surface area (Å²) in [5.74, 6) is -1.78. The fourth-order valence-electron chi connectivity index (χ4n) is 2.87. The molecule has 0 radical (unpaired) electrons. The van der Waals surface area contributed by atoms with E-state index in [0.717, 1.165) is 25.7 Å². The highest BCUT2D eigenvalue weighted by Crippen LogP contribution is 2.29. The molecule has 1 saturated heterocycles. The van der Waals surface area contributed by atoms with Gasteiger partial charge in [-0.1, -0.05) is 12.8 Å². The van der Waals surface area contributed by atoms with Crippen LogP contribution in [-0.4, -0.2) is 46.4 Å². The molecule has 0 bridgehead atoms. The van der Waals surface area contributed by atoms with E-state index in [9.17, 15) is 14.4 Å². The van der Waals surface area contributed by atoms with E-state index < -0.39 is 17.9 Å². The molecule has 1 saturated carbocycles. The van der Waals surface area contributed by atoms with Crippen LogP contribution in [0, 0.1) is 5.92 Å². The summed E-state index contributed by atoms with van der Waals surface area (Å²) >= 11 is 0. The van der Waals surface area contributed by atoms with Crippen molar-refractivity contribution in [2.75, 3.05) is 6.54 Å². The van der Waals surface area contributed by atoms with Crippen molar-refractivity contribution in [2.24, 2.45) is 5.92 Å². The Hall–Kier alpha value is -1.59. The Bertz CT molecular complexity index is 390. The standard InChI is InChI=1S/C13H20N2O4/c1-8(13(18)19)14-12(17)9-6-11(16)15(7-9)10-4-2-3-5-10/h8-10H,2-7H2,1H3,(H,14,17)(H,18,19)/t8-,9-/m0/s1. The Labute approximate surface area is 112 Å². The summed E-state index contributed by atoms with van der Waals surface area (Å²) in [4.78, 5) is 36.3. The van der Waals surface area contributed by atoms with Crippen LogP contribution in [0.2, 0.25) is 0 Å². The molecule has 1 aliphatic heterocycles. The van der Waals surface area contributed by atoms with Crippen molar-refractivity contribution in [3.8, 4) is 0 Å². The smallest absolute Gasteiger partial charge is 0.325 e. The molecule has 2 N–H and O–H groups in total. The molecular weight excluding hydrogens is 248 g/mol. The number of hydrogen-bond donors (Lipinski definition) is 2. The fraction of sp³-hybridized carbons (Fsp3) is 0.769. The predicted octanol–water partition coefficient (Wildman–Crippen LogP) is 0.367. The Balaban J connectivity index is 1.91. The Morgan fingerprint density at radius 3 is 2.58 bits per heavy atom. The molecule has 0 spiro atoms. The third-order valence-corrected chi connectivity index (χ3v) is 4.02. The molecule has 2 fully saturated rings. The van der Waals surface area contributed by atoms with E-state index in [1.54, 1.807) is 0 Å². The fourth-order valence-corrected chi connectivity index (χ4v) is 2.87. The zero-order valence-corrected chi connectivity index (χ0v) is 11.1. The minimum absolute atomic E-state index is 0.0232. The van der Waals surface area contributed by atoms with Crippen molar-refractivity contribution in [3.63, 3.8) is 0 Å². The van der Waals surface area contributed by atoms with Crippen LogP contribution in [0.4, 0.5) is 0 Å². The highest BCUT2D eigenvalue weighted by molar-refractivity contribution is 5.91. The number of amides is 2. The van der Waals surface area contributed by atoms with Gasteiger partial charge in [-0.3, -0.25) is 14.4 Å². The quantitative estimate of drug-likeness (QED) is 0.771. The highest BCUT2D eigenvalue weighted by atomic mass is 16.4. The molecule has 2 rings (SSSR count). The molecule has 106 valence electrons. The summed E-state index contributed by atoms with van der Waals surface area (Å²) in [6.45, 7) is 1.85. The summed E-state index contributed by atoms with van der Waals surface area (Å²) in [6, 6.07) is -0.634. The van der Waals surface area contributed by atoms with Gasteiger partial charge in [-0.25, -0.2) is 0 Å². The van der Waals surface area contributed by atoms with Gasteiger partial charge in [-0.2, -0.15) is 0 Å². The van der Waals surface area contributed by atoms with Gasteiger partial charge in [0.25, 0.3) is 0 Å². The van der Waals surface area contributed by atoms with Gasteiger partial charge in [0.05, 0.1) is 5.92 Å². The second-order valence-electron chi connectivity index (χ2n) is 5.45. The van der Waals surface area contributed by atoms with Crippen molar-refractivity contribution >= 4 is 17.8 Å². The molecule has 2 amide bonds. The van der Waals surface area contributed by atoms with E-state index in [2.05, 4.69) is 5.32 Å². The maximum absolute atomic E-state index is 11.9. The Kier molecular flexibility index (Phi) is 4.07. The minimum atomic E-state index is -1.06. The lowest BCUT2D eigenvalue weighted by atomic mass is 10.1. The SMILES string of the molecule is C[C@H](NC(=O)[C@H]1CC(=O)N(C2CCCC2)C1)C(=O)O. The highest BCUT2D eigenvalue weighted by Gasteiger charge is 2.39. The van der Waals surface area contributed by atoms with E-state index in [1.807, 2.05) is 4.90 Å². The first-order valence-corrected chi connectivity index (χ1v) is 6.81. The number of nitrogens with zero attached hydrogens (tertiary/aromatic N) is 1. The maximum Gasteiger partial charge on any atom is 0.325 e. The van der Waals surface area contributed by atoms with Gasteiger partial charge < -0.3 is 15.3 Å². The second kappa shape index (κ2) is 5.59. The lowest BCUT2D eigenvalue weighted by molar-refractivity contribution is -0.141. The first kappa shape index (κ1) is 13.8. The number of rotatable bonds is 4. The Morgan fingerprint density at radius 1 is 1.37 bits per heavy atom. The van der Waals surface area contributed by atoms with Gasteiger partial charge in [-0.15, -0.1) is 0 Å². The molecular formula is C13H20N2O4. The number of likely N-dealkylation sites (tertiary alicyclic amines) is 1. The summed E-state index contributed by atoms with van der Waals surface area (Å²) in [5.41, 5.74) is 0. The molecule has 0 aromatic carbocycles. The van der Waals surface area contributed by atoms with Crippen molar-refractivity contribution in [1.29, 1.82) is 0 Å². The first-order chi connectivity index (χ1) is 8.99. The van der Waals surface area contributed by atoms with Crippen molar-refractivity contribution < 1.29 is 19.5 Å². The molecule has 6 nitrogen and oxygen atoms in total. The van der Waals surface area contributed by atoms with Crippen LogP contribution in [0.25, 0.3) is 0 Å². The molecule has 0 aromatic rings. The normalized spacial score (nSPS) is 25.6. The number of nitrogens with one attached hydrogen (secondary N) is 1. The van der Waals surface area contributed by atoms with E-state index in [4.69, 9.17) is 5.11 Å². The predicted molar refractivity (Wildman–Crippen MR) is 67.3 cm³/mol. The molecule has 1 aliphatic carbocycles. The van der Waals surface area contributed by atoms with E-state index >= 15 is 0 Å². The largest absolute Gasteiger partial charge is 0.480 e. The van der Waals surface area contributed by atoms with Crippen LogP contribution in [0.1, 0.15) is 39.0 Å². The molecule has 2 atom stereocenters. The average Bonchev–Trinajstić information content (AvgIpc) is 2.97. The summed E-state index contributed by atoms with van der Waals surface area (Å²) in [5, 5.41) is 11.2. The second-order valence-corrected chi connectivity index (χ2v) is 5.45. The molecule has 0 unspecified atom stereocenters. The van der Waals surface area contributed by atoms with Gasteiger partial charge in [0.15, 0.2) is 0 Å². The van der Waals surface area contributed by atoms with Crippen LogP contribution in [0.15, 0.2) is 0 Å². The number of carboxylic acids is 1. The van der Waals surface area contributed by atoms with E-state index in [-0.39, 0.29) is 24.3 Å². The van der Waals surface area contributed by atoms with Gasteiger partial charge >= 0.3 is 5.97 Å². The maximum atomic E-state index is 11.9. The third kappa shape index (κ3) is 3.05. The number of hydrogen-bond acceptors (Lipinski definition) is 3. The zero-order valence-electron chi connectivity index (χ0n) is 11.1. The molecule has 0 aromatic heterocycles. The summed E-state index contributed by atoms with van der Waals surface area (Å²) in [6.07, 6.45) is 4.52. The average molecular weight is 268 g/mol. The molecule has 6 heteroatoms. The zero-order chi connectivity index (χ0) is 14.0. The third-order valence-electron chi connectivity index (χ3n) is 4.02. The molecule has 1 heterocycles. The van der Waals surface area contributed by atoms with Gasteiger partial charge in [-0.05, 0) is 19.8 Å². The monoisotopic (exact) mass is 268 g/mol. The minimum Gasteiger partial charge on any atom is -0.480 e. The van der Waals surface area contributed by atoms with Crippen LogP contribution in [-0.2, 0) is 14.4 Å². The first-order valence-electron chi connectivity index (χ1n) is 6.81. The van der Waals surface area contributed by atoms with Gasteiger partial charge in [0, 0.05) is 19.0 Å². The van der Waals surface area contributed by atoms with Crippen molar-refractivity contribution in [2.45, 2.75) is 51.1 Å². The van der Waals surface area contributed by atoms with E-state index in [1.165, 1.54) is 6.92 Å². The lowest BCUT2D eigenvalue weighted by Gasteiger charge is -2.24. The van der Waals surface area contributed by atoms with Crippen LogP contribution in [0.3, 0.4) is 0 Å². The Morgan fingerprint density at radius 2 is 2.00 bits per heavy atom. The number of aliphatic carboxylic acids is 1. The number of carbonyl (C=O) groups excluding carboxylic acids is 2. The van der Waals surface area contributed by atoms with Crippen LogP contribution < -0.4 is 5.32 Å². The number of carboxylic acid groups (broad SMARTS) is 1.